The van der Waals surface area contributed by atoms with Gasteiger partial charge in [0.1, 0.15) is 12.4 Å². The van der Waals surface area contributed by atoms with Gasteiger partial charge in [0.25, 0.3) is 0 Å². The SMILES string of the molecule is O/N=C1/CCCc2ccc(OCC3(O)CCCC3)cc21. The Bertz CT molecular complexity index is 518. The minimum absolute atomic E-state index is 0.345. The van der Waals surface area contributed by atoms with Crippen molar-refractivity contribution in [1.29, 1.82) is 0 Å². The van der Waals surface area contributed by atoms with Crippen molar-refractivity contribution in [1.82, 2.24) is 0 Å². The molecule has 2 aliphatic rings. The van der Waals surface area contributed by atoms with E-state index in [-0.39, 0.29) is 0 Å². The van der Waals surface area contributed by atoms with Crippen LogP contribution in [0.4, 0.5) is 0 Å². The van der Waals surface area contributed by atoms with Gasteiger partial charge in [-0.1, -0.05) is 24.1 Å². The van der Waals surface area contributed by atoms with E-state index >= 15 is 0 Å². The molecule has 1 saturated carbocycles. The van der Waals surface area contributed by atoms with Crippen molar-refractivity contribution in [2.45, 2.75) is 50.5 Å². The molecule has 0 aromatic heterocycles. The first-order valence-corrected chi connectivity index (χ1v) is 7.40. The lowest BCUT2D eigenvalue weighted by Crippen LogP contribution is -2.32. The van der Waals surface area contributed by atoms with Gasteiger partial charge in [-0.15, -0.1) is 0 Å². The average molecular weight is 275 g/mol. The van der Waals surface area contributed by atoms with Crippen molar-refractivity contribution in [2.24, 2.45) is 5.16 Å². The number of nitrogens with zero attached hydrogens (tertiary/aromatic N) is 1. The molecule has 108 valence electrons. The van der Waals surface area contributed by atoms with E-state index in [9.17, 15) is 5.11 Å². The first-order chi connectivity index (χ1) is 9.70. The van der Waals surface area contributed by atoms with Crippen molar-refractivity contribution in [2.75, 3.05) is 6.61 Å². The predicted molar refractivity (Wildman–Crippen MR) is 76.6 cm³/mol. The summed E-state index contributed by atoms with van der Waals surface area (Å²) in [5, 5.41) is 22.8. The molecule has 0 amide bonds. The van der Waals surface area contributed by atoms with Gasteiger partial charge in [-0.2, -0.15) is 0 Å². The van der Waals surface area contributed by atoms with E-state index in [2.05, 4.69) is 5.16 Å². The van der Waals surface area contributed by atoms with Gasteiger partial charge < -0.3 is 15.1 Å². The summed E-state index contributed by atoms with van der Waals surface area (Å²) in [5.74, 6) is 0.743. The van der Waals surface area contributed by atoms with Crippen LogP contribution in [0, 0.1) is 0 Å². The van der Waals surface area contributed by atoms with Crippen molar-refractivity contribution >= 4 is 5.71 Å². The van der Waals surface area contributed by atoms with Gasteiger partial charge in [-0.25, -0.2) is 0 Å². The number of rotatable bonds is 3. The molecular formula is C16H21NO3. The molecule has 1 fully saturated rings. The van der Waals surface area contributed by atoms with Gasteiger partial charge in [0.15, 0.2) is 0 Å². The molecule has 0 unspecified atom stereocenters. The number of ether oxygens (including phenoxy) is 1. The minimum Gasteiger partial charge on any atom is -0.491 e. The zero-order chi connectivity index (χ0) is 14.0. The molecular weight excluding hydrogens is 254 g/mol. The molecule has 4 heteroatoms. The van der Waals surface area contributed by atoms with Gasteiger partial charge in [-0.3, -0.25) is 0 Å². The molecule has 20 heavy (non-hydrogen) atoms. The van der Waals surface area contributed by atoms with E-state index in [0.29, 0.717) is 6.61 Å². The molecule has 0 spiro atoms. The highest BCUT2D eigenvalue weighted by Gasteiger charge is 2.32. The lowest BCUT2D eigenvalue weighted by Gasteiger charge is -2.23. The molecule has 0 saturated heterocycles. The van der Waals surface area contributed by atoms with Crippen LogP contribution >= 0.6 is 0 Å². The van der Waals surface area contributed by atoms with Crippen molar-refractivity contribution in [3.63, 3.8) is 0 Å². The van der Waals surface area contributed by atoms with Crippen molar-refractivity contribution < 1.29 is 15.1 Å². The number of hydrogen-bond acceptors (Lipinski definition) is 4. The summed E-state index contributed by atoms with van der Waals surface area (Å²) in [7, 11) is 0. The number of oxime groups is 1. The van der Waals surface area contributed by atoms with Crippen molar-refractivity contribution in [3.8, 4) is 5.75 Å². The molecule has 0 atom stereocenters. The first-order valence-electron chi connectivity index (χ1n) is 7.40. The first kappa shape index (κ1) is 13.4. The van der Waals surface area contributed by atoms with Crippen molar-refractivity contribution in [3.05, 3.63) is 29.3 Å². The zero-order valence-electron chi connectivity index (χ0n) is 11.6. The maximum absolute atomic E-state index is 10.3. The average Bonchev–Trinajstić information content (AvgIpc) is 2.91. The van der Waals surface area contributed by atoms with Crippen LogP contribution in [0.25, 0.3) is 0 Å². The van der Waals surface area contributed by atoms with Gasteiger partial charge >= 0.3 is 0 Å². The fourth-order valence-electron chi connectivity index (χ4n) is 3.21. The summed E-state index contributed by atoms with van der Waals surface area (Å²) in [6.45, 7) is 0.345. The van der Waals surface area contributed by atoms with Gasteiger partial charge in [0.05, 0.1) is 11.3 Å². The van der Waals surface area contributed by atoms with E-state index < -0.39 is 5.60 Å². The zero-order valence-corrected chi connectivity index (χ0v) is 11.6. The van der Waals surface area contributed by atoms with Crippen LogP contribution in [0.3, 0.4) is 0 Å². The Morgan fingerprint density at radius 3 is 2.70 bits per heavy atom. The summed E-state index contributed by atoms with van der Waals surface area (Å²) in [4.78, 5) is 0. The Hall–Kier alpha value is -1.55. The summed E-state index contributed by atoms with van der Waals surface area (Å²) >= 11 is 0. The highest BCUT2D eigenvalue weighted by molar-refractivity contribution is 6.02. The highest BCUT2D eigenvalue weighted by atomic mass is 16.5. The predicted octanol–water partition coefficient (Wildman–Crippen LogP) is 2.89. The molecule has 3 rings (SSSR count). The number of aliphatic hydroxyl groups is 1. The maximum atomic E-state index is 10.3. The summed E-state index contributed by atoms with van der Waals surface area (Å²) in [6, 6.07) is 5.91. The van der Waals surface area contributed by atoms with Crippen LogP contribution in [-0.2, 0) is 6.42 Å². The molecule has 1 aromatic carbocycles. The molecule has 0 aliphatic heterocycles. The van der Waals surface area contributed by atoms with E-state index in [1.807, 2.05) is 18.2 Å². The third-order valence-electron chi connectivity index (χ3n) is 4.41. The maximum Gasteiger partial charge on any atom is 0.120 e. The normalized spacial score (nSPS) is 22.8. The Morgan fingerprint density at radius 2 is 1.95 bits per heavy atom. The molecule has 4 nitrogen and oxygen atoms in total. The third kappa shape index (κ3) is 2.66. The van der Waals surface area contributed by atoms with Crippen LogP contribution in [0.5, 0.6) is 5.75 Å². The number of aryl methyl sites for hydroxylation is 1. The topological polar surface area (TPSA) is 62.1 Å². The second-order valence-electron chi connectivity index (χ2n) is 5.94. The third-order valence-corrected chi connectivity index (χ3v) is 4.41. The van der Waals surface area contributed by atoms with E-state index in [4.69, 9.17) is 9.94 Å². The summed E-state index contributed by atoms with van der Waals surface area (Å²) < 4.78 is 5.77. The second-order valence-corrected chi connectivity index (χ2v) is 5.94. The van der Waals surface area contributed by atoms with Crippen LogP contribution < -0.4 is 4.74 Å². The molecule has 2 N–H and O–H groups in total. The molecule has 1 aromatic rings. The van der Waals surface area contributed by atoms with Crippen LogP contribution in [0.2, 0.25) is 0 Å². The summed E-state index contributed by atoms with van der Waals surface area (Å²) in [6.07, 6.45) is 6.63. The smallest absolute Gasteiger partial charge is 0.120 e. The Balaban J connectivity index is 1.75. The summed E-state index contributed by atoms with van der Waals surface area (Å²) in [5.41, 5.74) is 2.26. The van der Waals surface area contributed by atoms with Gasteiger partial charge in [0.2, 0.25) is 0 Å². The Morgan fingerprint density at radius 1 is 1.15 bits per heavy atom. The quantitative estimate of drug-likeness (QED) is 0.658. The lowest BCUT2D eigenvalue weighted by atomic mass is 9.90. The molecule has 0 heterocycles. The second kappa shape index (κ2) is 5.44. The van der Waals surface area contributed by atoms with E-state index in [1.54, 1.807) is 0 Å². The monoisotopic (exact) mass is 275 g/mol. The largest absolute Gasteiger partial charge is 0.491 e. The lowest BCUT2D eigenvalue weighted by molar-refractivity contribution is 0.00140. The van der Waals surface area contributed by atoms with E-state index in [1.165, 1.54) is 5.56 Å². The standard InChI is InChI=1S/C16H21NO3/c18-16(8-1-2-9-16)11-20-13-7-6-12-4-3-5-15(17-19)14(12)10-13/h6-7,10,18-19H,1-5,8-9,11H2/b17-15-. The van der Waals surface area contributed by atoms with Gasteiger partial charge in [-0.05, 0) is 49.8 Å². The fourth-order valence-corrected chi connectivity index (χ4v) is 3.21. The Labute approximate surface area is 119 Å². The van der Waals surface area contributed by atoms with Gasteiger partial charge in [0, 0.05) is 5.56 Å². The van der Waals surface area contributed by atoms with Crippen LogP contribution in [0.1, 0.15) is 49.7 Å². The minimum atomic E-state index is -0.663. The molecule has 2 aliphatic carbocycles. The molecule has 0 bridgehead atoms. The highest BCUT2D eigenvalue weighted by Crippen LogP contribution is 2.31. The number of fused-ring (bicyclic) bond motifs is 1. The number of hydrogen-bond donors (Lipinski definition) is 2. The van der Waals surface area contributed by atoms with Crippen LogP contribution in [0.15, 0.2) is 23.4 Å². The number of benzene rings is 1. The Kier molecular flexibility index (Phi) is 3.66. The molecule has 0 radical (unpaired) electrons. The van der Waals surface area contributed by atoms with E-state index in [0.717, 1.165) is 62.0 Å². The van der Waals surface area contributed by atoms with Crippen LogP contribution in [-0.4, -0.2) is 28.2 Å². The fraction of sp³-hybridized carbons (Fsp3) is 0.562.